The maximum Gasteiger partial charge on any atom is 0.338 e. The quantitative estimate of drug-likeness (QED) is 0.755. The van der Waals surface area contributed by atoms with Crippen molar-refractivity contribution in [2.24, 2.45) is 11.1 Å². The number of para-hydroxylation sites is 1. The Morgan fingerprint density at radius 2 is 1.87 bits per heavy atom. The predicted molar refractivity (Wildman–Crippen MR) is 119 cm³/mol. The molecule has 0 radical (unpaired) electrons. The van der Waals surface area contributed by atoms with Crippen LogP contribution in [0.3, 0.4) is 0 Å². The van der Waals surface area contributed by atoms with Gasteiger partial charge >= 0.3 is 5.97 Å². The van der Waals surface area contributed by atoms with Crippen molar-refractivity contribution in [1.29, 1.82) is 0 Å². The predicted octanol–water partition coefficient (Wildman–Crippen LogP) is 4.06. The third-order valence-electron chi connectivity index (χ3n) is 5.75. The fraction of sp³-hybridized carbons (Fsp3) is 0.320. The molecule has 0 amide bonds. The number of ether oxygens (including phenoxy) is 1. The van der Waals surface area contributed by atoms with Crippen molar-refractivity contribution in [3.63, 3.8) is 0 Å². The second kappa shape index (κ2) is 8.02. The molecule has 1 aromatic carbocycles. The lowest BCUT2D eigenvalue weighted by Gasteiger charge is -2.44. The van der Waals surface area contributed by atoms with Crippen LogP contribution in [0.1, 0.15) is 45.2 Å². The van der Waals surface area contributed by atoms with E-state index in [1.165, 1.54) is 0 Å². The molecule has 6 nitrogen and oxygen atoms in total. The van der Waals surface area contributed by atoms with Crippen molar-refractivity contribution >= 4 is 17.4 Å². The van der Waals surface area contributed by atoms with Crippen LogP contribution in [0.15, 0.2) is 77.4 Å². The zero-order chi connectivity index (χ0) is 22.2. The summed E-state index contributed by atoms with van der Waals surface area (Å²) in [6.07, 6.45) is 2.71. The number of ketones is 1. The van der Waals surface area contributed by atoms with Crippen molar-refractivity contribution in [1.82, 2.24) is 4.98 Å². The van der Waals surface area contributed by atoms with Crippen LogP contribution in [0, 0.1) is 5.41 Å². The Labute approximate surface area is 182 Å². The number of Topliss-reactive ketones (excluding diaryl/α,β-unsaturated/α-hetero) is 1. The molecule has 6 heteroatoms. The summed E-state index contributed by atoms with van der Waals surface area (Å²) in [5, 5.41) is 0. The first-order valence-corrected chi connectivity index (χ1v) is 10.5. The van der Waals surface area contributed by atoms with Gasteiger partial charge in [0.2, 0.25) is 0 Å². The van der Waals surface area contributed by atoms with E-state index in [1.807, 2.05) is 47.4 Å². The SMILES string of the molecule is CCOC(=O)C1=C(N)N(c2ccccc2)C2=C(C(=O)CC(C)(C)C2)C1c1ccccn1. The average Bonchev–Trinajstić information content (AvgIpc) is 2.73. The van der Waals surface area contributed by atoms with Crippen LogP contribution in [0.2, 0.25) is 0 Å². The number of hydrogen-bond acceptors (Lipinski definition) is 6. The summed E-state index contributed by atoms with van der Waals surface area (Å²) in [7, 11) is 0. The number of carbonyl (C=O) groups is 2. The molecule has 160 valence electrons. The maximum absolute atomic E-state index is 13.5. The number of nitrogens with two attached hydrogens (primary N) is 1. The van der Waals surface area contributed by atoms with Crippen molar-refractivity contribution in [3.05, 3.63) is 83.1 Å². The Hall–Kier alpha value is -3.41. The summed E-state index contributed by atoms with van der Waals surface area (Å²) in [6.45, 7) is 6.12. The first-order chi connectivity index (χ1) is 14.8. The molecule has 1 atom stereocenters. The molecule has 1 aliphatic carbocycles. The van der Waals surface area contributed by atoms with Crippen molar-refractivity contribution in [3.8, 4) is 0 Å². The Morgan fingerprint density at radius 3 is 2.52 bits per heavy atom. The van der Waals surface area contributed by atoms with Crippen LogP contribution in [-0.4, -0.2) is 23.3 Å². The Bertz CT molecular complexity index is 1070. The van der Waals surface area contributed by atoms with E-state index >= 15 is 0 Å². The molecule has 31 heavy (non-hydrogen) atoms. The van der Waals surface area contributed by atoms with Crippen LogP contribution in [0.4, 0.5) is 5.69 Å². The second-order valence-electron chi connectivity index (χ2n) is 8.68. The summed E-state index contributed by atoms with van der Waals surface area (Å²) in [5.41, 5.74) is 9.55. The smallest absolute Gasteiger partial charge is 0.338 e. The molecule has 1 unspecified atom stereocenters. The number of pyridine rings is 1. The Morgan fingerprint density at radius 1 is 1.16 bits per heavy atom. The fourth-order valence-electron chi connectivity index (χ4n) is 4.53. The molecular weight excluding hydrogens is 390 g/mol. The summed E-state index contributed by atoms with van der Waals surface area (Å²) < 4.78 is 5.38. The van der Waals surface area contributed by atoms with E-state index in [0.717, 1.165) is 11.4 Å². The van der Waals surface area contributed by atoms with Gasteiger partial charge in [-0.05, 0) is 43.0 Å². The van der Waals surface area contributed by atoms with Gasteiger partial charge in [0.15, 0.2) is 5.78 Å². The second-order valence-corrected chi connectivity index (χ2v) is 8.68. The Kier molecular flexibility index (Phi) is 5.39. The highest BCUT2D eigenvalue weighted by Crippen LogP contribution is 2.50. The van der Waals surface area contributed by atoms with Gasteiger partial charge in [-0.25, -0.2) is 4.79 Å². The number of nitrogens with zero attached hydrogens (tertiary/aromatic N) is 2. The van der Waals surface area contributed by atoms with Crippen LogP contribution >= 0.6 is 0 Å². The van der Waals surface area contributed by atoms with Gasteiger partial charge in [-0.2, -0.15) is 0 Å². The van der Waals surface area contributed by atoms with Crippen LogP contribution in [0.25, 0.3) is 0 Å². The van der Waals surface area contributed by atoms with Gasteiger partial charge in [0.1, 0.15) is 5.82 Å². The molecule has 0 saturated heterocycles. The number of carbonyl (C=O) groups excluding carboxylic acids is 2. The summed E-state index contributed by atoms with van der Waals surface area (Å²) in [5.74, 6) is -0.888. The van der Waals surface area contributed by atoms with Gasteiger partial charge in [-0.3, -0.25) is 14.7 Å². The molecule has 0 spiro atoms. The van der Waals surface area contributed by atoms with Gasteiger partial charge in [0.05, 0.1) is 23.8 Å². The topological polar surface area (TPSA) is 85.5 Å². The molecule has 1 aliphatic heterocycles. The van der Waals surface area contributed by atoms with E-state index in [4.69, 9.17) is 10.5 Å². The minimum atomic E-state index is -0.654. The van der Waals surface area contributed by atoms with Crippen LogP contribution in [0.5, 0.6) is 0 Å². The van der Waals surface area contributed by atoms with Gasteiger partial charge in [0, 0.05) is 29.6 Å². The van der Waals surface area contributed by atoms with Gasteiger partial charge < -0.3 is 10.5 Å². The number of aromatic nitrogens is 1. The van der Waals surface area contributed by atoms with Crippen molar-refractivity contribution in [2.45, 2.75) is 39.5 Å². The van der Waals surface area contributed by atoms with Crippen molar-refractivity contribution < 1.29 is 14.3 Å². The number of hydrogen-bond donors (Lipinski definition) is 1. The lowest BCUT2D eigenvalue weighted by molar-refractivity contribution is -0.138. The molecular formula is C25H27N3O3. The number of anilines is 1. The molecule has 2 N–H and O–H groups in total. The first kappa shape index (κ1) is 20.8. The monoisotopic (exact) mass is 417 g/mol. The number of allylic oxidation sites excluding steroid dienone is 2. The van der Waals surface area contributed by atoms with E-state index in [-0.39, 0.29) is 29.2 Å². The molecule has 1 aromatic heterocycles. The standard InChI is InChI=1S/C25H27N3O3/c1-4-31-24(30)22-20(17-12-8-9-13-27-17)21-18(14-25(2,3)15-19(21)29)28(23(22)26)16-10-6-5-7-11-16/h5-13,20H,4,14-15,26H2,1-3H3. The molecule has 0 saturated carbocycles. The summed E-state index contributed by atoms with van der Waals surface area (Å²) in [4.78, 5) is 33.0. The molecule has 0 bridgehead atoms. The van der Waals surface area contributed by atoms with Gasteiger partial charge in [-0.15, -0.1) is 0 Å². The van der Waals surface area contributed by atoms with Gasteiger partial charge in [0.25, 0.3) is 0 Å². The maximum atomic E-state index is 13.5. The van der Waals surface area contributed by atoms with Crippen LogP contribution < -0.4 is 10.6 Å². The lowest BCUT2D eigenvalue weighted by Crippen LogP contribution is -2.44. The normalized spacial score (nSPS) is 20.5. The highest BCUT2D eigenvalue weighted by molar-refractivity contribution is 6.05. The van der Waals surface area contributed by atoms with E-state index < -0.39 is 11.9 Å². The minimum absolute atomic E-state index is 0.0112. The first-order valence-electron chi connectivity index (χ1n) is 10.5. The van der Waals surface area contributed by atoms with Gasteiger partial charge in [-0.1, -0.05) is 38.1 Å². The molecule has 2 aromatic rings. The van der Waals surface area contributed by atoms with E-state index in [0.29, 0.717) is 24.1 Å². The molecule has 0 fully saturated rings. The third-order valence-corrected chi connectivity index (χ3v) is 5.75. The molecule has 2 aliphatic rings. The van der Waals surface area contributed by atoms with E-state index in [2.05, 4.69) is 18.8 Å². The highest BCUT2D eigenvalue weighted by atomic mass is 16.5. The third kappa shape index (κ3) is 3.74. The molecule has 2 heterocycles. The number of benzene rings is 1. The lowest BCUT2D eigenvalue weighted by atomic mass is 9.69. The van der Waals surface area contributed by atoms with E-state index in [1.54, 1.807) is 19.2 Å². The number of esters is 1. The zero-order valence-corrected chi connectivity index (χ0v) is 18.1. The minimum Gasteiger partial charge on any atom is -0.463 e. The summed E-state index contributed by atoms with van der Waals surface area (Å²) >= 11 is 0. The zero-order valence-electron chi connectivity index (χ0n) is 18.1. The molecule has 4 rings (SSSR count). The van der Waals surface area contributed by atoms with E-state index in [9.17, 15) is 9.59 Å². The van der Waals surface area contributed by atoms with Crippen LogP contribution in [-0.2, 0) is 14.3 Å². The largest absolute Gasteiger partial charge is 0.463 e. The Balaban J connectivity index is 2.01. The fourth-order valence-corrected chi connectivity index (χ4v) is 4.53. The summed E-state index contributed by atoms with van der Waals surface area (Å²) in [6, 6.07) is 15.1. The number of rotatable bonds is 4. The van der Waals surface area contributed by atoms with Crippen molar-refractivity contribution in [2.75, 3.05) is 11.5 Å². The average molecular weight is 418 g/mol. The highest BCUT2D eigenvalue weighted by Gasteiger charge is 2.47.